The van der Waals surface area contributed by atoms with E-state index in [0.717, 1.165) is 0 Å². The van der Waals surface area contributed by atoms with Gasteiger partial charge in [-0.2, -0.15) is 0 Å². The van der Waals surface area contributed by atoms with Gasteiger partial charge in [-0.05, 0) is 43.2 Å². The largest absolute Gasteiger partial charge is 0.490 e. The number of rotatable bonds is 4. The molecule has 4 amide bonds. The Kier molecular flexibility index (Phi) is 6.79. The summed E-state index contributed by atoms with van der Waals surface area (Å²) in [6.45, 7) is 0.265. The van der Waals surface area contributed by atoms with Gasteiger partial charge in [0.2, 0.25) is 5.91 Å². The minimum atomic E-state index is -0.406. The van der Waals surface area contributed by atoms with Gasteiger partial charge >= 0.3 is 6.03 Å². The molecule has 2 heterocycles. The number of nitrogens with zero attached hydrogens (tertiary/aromatic N) is 1. The van der Waals surface area contributed by atoms with E-state index in [1.165, 1.54) is 0 Å². The second-order valence-electron chi connectivity index (χ2n) is 8.20. The summed E-state index contributed by atoms with van der Waals surface area (Å²) in [5, 5.41) is 8.13. The summed E-state index contributed by atoms with van der Waals surface area (Å²) in [4.78, 5) is 39.0. The topological polar surface area (TPSA) is 109 Å². The predicted octanol–water partition coefficient (Wildman–Crippen LogP) is 2.85. The number of carbonyl (C=O) groups is 3. The van der Waals surface area contributed by atoms with Crippen LogP contribution in [-0.4, -0.2) is 61.7 Å². The van der Waals surface area contributed by atoms with Gasteiger partial charge in [-0.3, -0.25) is 9.59 Å². The third-order valence-corrected chi connectivity index (χ3v) is 5.99. The van der Waals surface area contributed by atoms with Gasteiger partial charge < -0.3 is 30.3 Å². The van der Waals surface area contributed by atoms with Gasteiger partial charge in [-0.25, -0.2) is 4.79 Å². The van der Waals surface area contributed by atoms with E-state index in [2.05, 4.69) is 16.0 Å². The monoisotopic (exact) mass is 452 g/mol. The van der Waals surface area contributed by atoms with Gasteiger partial charge in [0.15, 0.2) is 0 Å². The molecule has 174 valence electrons. The van der Waals surface area contributed by atoms with Gasteiger partial charge in [0.25, 0.3) is 5.91 Å². The van der Waals surface area contributed by atoms with Crippen molar-refractivity contribution in [3.05, 3.63) is 54.1 Å². The standard InChI is InChI=1S/C24H28N4O5/c1-25-22(29)13-17-9-10-19-21(33-17)14-32-20-11-8-16(12-18(20)23(30)28(19)2)27-24(31)26-15-6-4-3-5-7-15/h3-8,11-12,17,19,21H,9-10,13-14H2,1-2H3,(H,25,29)(H2,26,27,31)/t17-,19+,21+/m0/s1. The molecule has 0 spiro atoms. The van der Waals surface area contributed by atoms with Crippen LogP contribution in [0.4, 0.5) is 16.2 Å². The molecule has 0 unspecified atom stereocenters. The molecule has 3 N–H and O–H groups in total. The van der Waals surface area contributed by atoms with E-state index in [4.69, 9.17) is 9.47 Å². The molecular formula is C24H28N4O5. The Morgan fingerprint density at radius 1 is 1.06 bits per heavy atom. The van der Waals surface area contributed by atoms with Crippen LogP contribution in [0.15, 0.2) is 48.5 Å². The maximum atomic E-state index is 13.3. The zero-order valence-corrected chi connectivity index (χ0v) is 18.7. The van der Waals surface area contributed by atoms with E-state index in [0.29, 0.717) is 35.5 Å². The Hall–Kier alpha value is -3.59. The highest BCUT2D eigenvalue weighted by Gasteiger charge is 2.39. The Bertz CT molecular complexity index is 1030. The minimum absolute atomic E-state index is 0.0729. The number of urea groups is 1. The summed E-state index contributed by atoms with van der Waals surface area (Å²) < 4.78 is 12.1. The van der Waals surface area contributed by atoms with Gasteiger partial charge in [0.05, 0.1) is 24.1 Å². The number of carbonyl (C=O) groups excluding carboxylic acids is 3. The number of benzene rings is 2. The fraction of sp³-hybridized carbons (Fsp3) is 0.375. The van der Waals surface area contributed by atoms with Crippen LogP contribution in [0.2, 0.25) is 0 Å². The average molecular weight is 453 g/mol. The lowest BCUT2D eigenvalue weighted by atomic mass is 9.94. The number of nitrogens with one attached hydrogen (secondary N) is 3. The Morgan fingerprint density at radius 3 is 2.58 bits per heavy atom. The number of hydrogen-bond acceptors (Lipinski definition) is 5. The van der Waals surface area contributed by atoms with Crippen LogP contribution in [0.25, 0.3) is 0 Å². The molecule has 0 bridgehead atoms. The lowest BCUT2D eigenvalue weighted by Crippen LogP contribution is -2.53. The molecule has 9 nitrogen and oxygen atoms in total. The quantitative estimate of drug-likeness (QED) is 0.661. The predicted molar refractivity (Wildman–Crippen MR) is 123 cm³/mol. The Balaban J connectivity index is 1.47. The zero-order chi connectivity index (χ0) is 23.4. The number of para-hydroxylation sites is 1. The van der Waals surface area contributed by atoms with Crippen LogP contribution >= 0.6 is 0 Å². The SMILES string of the molecule is CNC(=O)C[C@@H]1CC[C@@H]2[C@@H](COc3ccc(NC(=O)Nc4ccccc4)cc3C(=O)N2C)O1. The third-order valence-electron chi connectivity index (χ3n) is 5.99. The van der Waals surface area contributed by atoms with Crippen molar-refractivity contribution in [1.82, 2.24) is 10.2 Å². The first-order valence-corrected chi connectivity index (χ1v) is 11.0. The van der Waals surface area contributed by atoms with Crippen LogP contribution in [0.3, 0.4) is 0 Å². The summed E-state index contributed by atoms with van der Waals surface area (Å²) >= 11 is 0. The molecule has 1 fully saturated rings. The molecule has 2 aromatic carbocycles. The van der Waals surface area contributed by atoms with E-state index in [1.54, 1.807) is 49.3 Å². The van der Waals surface area contributed by atoms with Crippen molar-refractivity contribution in [2.24, 2.45) is 0 Å². The number of hydrogen-bond donors (Lipinski definition) is 3. The van der Waals surface area contributed by atoms with E-state index >= 15 is 0 Å². The summed E-state index contributed by atoms with van der Waals surface area (Å²) in [6, 6.07) is 13.5. The summed E-state index contributed by atoms with van der Waals surface area (Å²) in [5.41, 5.74) is 1.52. The van der Waals surface area contributed by atoms with Gasteiger partial charge in [0.1, 0.15) is 18.5 Å². The number of amides is 4. The third kappa shape index (κ3) is 5.25. The van der Waals surface area contributed by atoms with Crippen molar-refractivity contribution in [3.63, 3.8) is 0 Å². The van der Waals surface area contributed by atoms with Crippen molar-refractivity contribution < 1.29 is 23.9 Å². The van der Waals surface area contributed by atoms with Crippen LogP contribution in [0.5, 0.6) is 5.75 Å². The molecule has 0 aromatic heterocycles. The van der Waals surface area contributed by atoms with Crippen LogP contribution in [0.1, 0.15) is 29.6 Å². The lowest BCUT2D eigenvalue weighted by Gasteiger charge is -2.42. The van der Waals surface area contributed by atoms with Crippen molar-refractivity contribution in [2.75, 3.05) is 31.3 Å². The number of anilines is 2. The lowest BCUT2D eigenvalue weighted by molar-refractivity contribution is -0.133. The molecule has 0 radical (unpaired) electrons. The number of likely N-dealkylation sites (N-methyl/N-ethyl adjacent to an activating group) is 1. The smallest absolute Gasteiger partial charge is 0.323 e. The molecule has 2 aliphatic heterocycles. The zero-order valence-electron chi connectivity index (χ0n) is 18.7. The summed E-state index contributed by atoms with van der Waals surface area (Å²) in [5.74, 6) is 0.146. The summed E-state index contributed by atoms with van der Waals surface area (Å²) in [6.07, 6.45) is 1.15. The molecule has 0 saturated carbocycles. The minimum Gasteiger partial charge on any atom is -0.490 e. The highest BCUT2D eigenvalue weighted by Crippen LogP contribution is 2.32. The van der Waals surface area contributed by atoms with E-state index < -0.39 is 6.03 Å². The van der Waals surface area contributed by atoms with E-state index in [9.17, 15) is 14.4 Å². The Morgan fingerprint density at radius 2 is 1.82 bits per heavy atom. The molecule has 33 heavy (non-hydrogen) atoms. The van der Waals surface area contributed by atoms with Gasteiger partial charge in [-0.15, -0.1) is 0 Å². The highest BCUT2D eigenvalue weighted by molar-refractivity contribution is 6.02. The number of fused-ring (bicyclic) bond motifs is 2. The molecule has 1 saturated heterocycles. The first kappa shape index (κ1) is 22.6. The highest BCUT2D eigenvalue weighted by atomic mass is 16.5. The van der Waals surface area contributed by atoms with Crippen LogP contribution in [-0.2, 0) is 9.53 Å². The first-order valence-electron chi connectivity index (χ1n) is 11.0. The van der Waals surface area contributed by atoms with Gasteiger partial charge in [-0.1, -0.05) is 18.2 Å². The molecule has 9 heteroatoms. The first-order chi connectivity index (χ1) is 15.9. The van der Waals surface area contributed by atoms with Crippen molar-refractivity contribution in [3.8, 4) is 5.75 Å². The maximum Gasteiger partial charge on any atom is 0.323 e. The van der Waals surface area contributed by atoms with Crippen molar-refractivity contribution >= 4 is 29.2 Å². The second-order valence-corrected chi connectivity index (χ2v) is 8.20. The second kappa shape index (κ2) is 9.91. The summed E-state index contributed by atoms with van der Waals surface area (Å²) in [7, 11) is 3.35. The van der Waals surface area contributed by atoms with Crippen LogP contribution in [0, 0.1) is 0 Å². The van der Waals surface area contributed by atoms with Crippen molar-refractivity contribution in [1.29, 1.82) is 0 Å². The van der Waals surface area contributed by atoms with Crippen LogP contribution < -0.4 is 20.7 Å². The van der Waals surface area contributed by atoms with Crippen molar-refractivity contribution in [2.45, 2.75) is 37.5 Å². The van der Waals surface area contributed by atoms with E-state index in [-0.39, 0.29) is 43.1 Å². The molecule has 0 aliphatic carbocycles. The molecule has 4 rings (SSSR count). The molecule has 2 aliphatic rings. The Labute approximate surface area is 192 Å². The molecule has 2 aromatic rings. The number of ether oxygens (including phenoxy) is 2. The van der Waals surface area contributed by atoms with Gasteiger partial charge in [0, 0.05) is 25.5 Å². The maximum absolute atomic E-state index is 13.3. The normalized spacial score (nSPS) is 22.1. The van der Waals surface area contributed by atoms with E-state index in [1.807, 2.05) is 18.2 Å². The molecule has 3 atom stereocenters. The fourth-order valence-corrected chi connectivity index (χ4v) is 4.23. The average Bonchev–Trinajstić information content (AvgIpc) is 2.82. The fourth-order valence-electron chi connectivity index (χ4n) is 4.23. The molecular weight excluding hydrogens is 424 g/mol.